The van der Waals surface area contributed by atoms with Gasteiger partial charge >= 0.3 is 23.9 Å². The minimum absolute atomic E-state index is 0.0545. The SMILES string of the molecule is CCOC(=O)C1CC1N(CCOC(=O)C1CC1)CCN(CCOC(=O)C1CC1)CCOC(=O)C1CC1. The van der Waals surface area contributed by atoms with E-state index in [-0.39, 0.29) is 53.6 Å². The average Bonchev–Trinajstić information content (AvgIpc) is 3.72. The molecule has 10 heteroatoms. The van der Waals surface area contributed by atoms with Gasteiger partial charge in [0.15, 0.2) is 0 Å². The zero-order chi connectivity index (χ0) is 25.5. The van der Waals surface area contributed by atoms with Crippen LogP contribution in [-0.2, 0) is 38.1 Å². The molecule has 0 amide bonds. The molecule has 0 aromatic rings. The predicted molar refractivity (Wildman–Crippen MR) is 128 cm³/mol. The van der Waals surface area contributed by atoms with E-state index in [1.165, 1.54) is 0 Å². The highest BCUT2D eigenvalue weighted by atomic mass is 16.5. The molecule has 2 atom stereocenters. The summed E-state index contributed by atoms with van der Waals surface area (Å²) >= 11 is 0. The quantitative estimate of drug-likeness (QED) is 0.199. The van der Waals surface area contributed by atoms with Gasteiger partial charge in [0.2, 0.25) is 0 Å². The smallest absolute Gasteiger partial charge is 0.310 e. The monoisotopic (exact) mass is 508 g/mol. The maximum Gasteiger partial charge on any atom is 0.310 e. The molecule has 4 rings (SSSR count). The maximum absolute atomic E-state index is 12.2. The fourth-order valence-electron chi connectivity index (χ4n) is 4.26. The van der Waals surface area contributed by atoms with Crippen molar-refractivity contribution in [2.24, 2.45) is 23.7 Å². The van der Waals surface area contributed by atoms with Crippen LogP contribution in [-0.4, -0.2) is 98.9 Å². The molecule has 0 radical (unpaired) electrons. The Morgan fingerprint density at radius 1 is 0.611 bits per heavy atom. The van der Waals surface area contributed by atoms with Crippen molar-refractivity contribution in [3.63, 3.8) is 0 Å². The summed E-state index contributed by atoms with van der Waals surface area (Å²) in [7, 11) is 0. The molecule has 0 aliphatic heterocycles. The summed E-state index contributed by atoms with van der Waals surface area (Å²) in [6.07, 6.45) is 6.16. The van der Waals surface area contributed by atoms with Gasteiger partial charge in [-0.15, -0.1) is 0 Å². The molecule has 0 spiro atoms. The van der Waals surface area contributed by atoms with E-state index >= 15 is 0 Å². The van der Waals surface area contributed by atoms with Gasteiger partial charge in [-0.3, -0.25) is 29.0 Å². The van der Waals surface area contributed by atoms with Crippen LogP contribution in [0.25, 0.3) is 0 Å². The molecule has 0 saturated heterocycles. The van der Waals surface area contributed by atoms with E-state index in [1.54, 1.807) is 6.92 Å². The van der Waals surface area contributed by atoms with E-state index in [0.29, 0.717) is 59.2 Å². The van der Waals surface area contributed by atoms with Gasteiger partial charge < -0.3 is 18.9 Å². The number of carbonyl (C=O) groups is 4. The molecular weight excluding hydrogens is 468 g/mol. The van der Waals surface area contributed by atoms with Crippen LogP contribution in [0.15, 0.2) is 0 Å². The molecule has 4 aliphatic rings. The Balaban J connectivity index is 1.26. The van der Waals surface area contributed by atoms with Crippen LogP contribution in [0.3, 0.4) is 0 Å². The topological polar surface area (TPSA) is 112 Å². The third kappa shape index (κ3) is 8.73. The fraction of sp³-hybridized carbons (Fsp3) is 0.846. The molecule has 36 heavy (non-hydrogen) atoms. The lowest BCUT2D eigenvalue weighted by molar-refractivity contribution is -0.147. The average molecular weight is 509 g/mol. The largest absolute Gasteiger partial charge is 0.466 e. The van der Waals surface area contributed by atoms with Crippen molar-refractivity contribution in [2.75, 3.05) is 59.2 Å². The van der Waals surface area contributed by atoms with Gasteiger partial charge in [0.1, 0.15) is 19.8 Å². The van der Waals surface area contributed by atoms with Crippen molar-refractivity contribution < 1.29 is 38.1 Å². The molecule has 10 nitrogen and oxygen atoms in total. The standard InChI is InChI=1S/C26H40N2O8/c1-2-33-26(32)21-17-22(21)28(13-16-36-25(31)20-7-8-20)10-9-27(11-14-34-23(29)18-3-4-18)12-15-35-24(30)19-5-6-19/h18-22H,2-17H2,1H3. The normalized spacial score (nSPS) is 22.9. The lowest BCUT2D eigenvalue weighted by atomic mass is 10.3. The van der Waals surface area contributed by atoms with Crippen LogP contribution in [0.2, 0.25) is 0 Å². The number of carbonyl (C=O) groups excluding carboxylic acids is 4. The number of nitrogens with zero attached hydrogens (tertiary/aromatic N) is 2. The first-order chi connectivity index (χ1) is 17.5. The second-order valence-electron chi connectivity index (χ2n) is 10.4. The minimum Gasteiger partial charge on any atom is -0.466 e. The molecule has 4 fully saturated rings. The summed E-state index contributed by atoms with van der Waals surface area (Å²) < 4.78 is 21.5. The molecule has 4 saturated carbocycles. The summed E-state index contributed by atoms with van der Waals surface area (Å²) in [4.78, 5) is 52.3. The van der Waals surface area contributed by atoms with Gasteiger partial charge in [-0.05, 0) is 51.9 Å². The highest BCUT2D eigenvalue weighted by molar-refractivity contribution is 5.77. The van der Waals surface area contributed by atoms with E-state index in [0.717, 1.165) is 44.9 Å². The molecule has 0 N–H and O–H groups in total. The Bertz CT molecular complexity index is 763. The van der Waals surface area contributed by atoms with Gasteiger partial charge in [-0.2, -0.15) is 0 Å². The van der Waals surface area contributed by atoms with Crippen molar-refractivity contribution in [3.8, 4) is 0 Å². The van der Waals surface area contributed by atoms with Crippen LogP contribution in [0, 0.1) is 23.7 Å². The molecule has 0 aromatic carbocycles. The number of hydrogen-bond donors (Lipinski definition) is 0. The maximum atomic E-state index is 12.2. The Morgan fingerprint density at radius 2 is 1.08 bits per heavy atom. The summed E-state index contributed by atoms with van der Waals surface area (Å²) in [5.41, 5.74) is 0. The highest BCUT2D eigenvalue weighted by Gasteiger charge is 2.47. The Morgan fingerprint density at radius 3 is 1.53 bits per heavy atom. The zero-order valence-corrected chi connectivity index (χ0v) is 21.4. The summed E-state index contributed by atoms with van der Waals surface area (Å²) in [5.74, 6) is -0.574. The molecule has 2 unspecified atom stereocenters. The van der Waals surface area contributed by atoms with Gasteiger partial charge in [0.05, 0.1) is 30.3 Å². The molecular formula is C26H40N2O8. The van der Waals surface area contributed by atoms with E-state index < -0.39 is 0 Å². The minimum atomic E-state index is -0.182. The molecule has 4 aliphatic carbocycles. The number of ether oxygens (including phenoxy) is 4. The van der Waals surface area contributed by atoms with E-state index in [9.17, 15) is 19.2 Å². The van der Waals surface area contributed by atoms with Crippen molar-refractivity contribution in [3.05, 3.63) is 0 Å². The van der Waals surface area contributed by atoms with Crippen molar-refractivity contribution in [2.45, 2.75) is 57.9 Å². The summed E-state index contributed by atoms with van der Waals surface area (Å²) in [6.45, 7) is 5.94. The van der Waals surface area contributed by atoms with E-state index in [2.05, 4.69) is 9.80 Å². The van der Waals surface area contributed by atoms with E-state index in [1.807, 2.05) is 0 Å². The molecule has 202 valence electrons. The first-order valence-corrected chi connectivity index (χ1v) is 13.6. The summed E-state index contributed by atoms with van der Waals surface area (Å²) in [6, 6.07) is 0.0610. The highest BCUT2D eigenvalue weighted by Crippen LogP contribution is 2.37. The van der Waals surface area contributed by atoms with Crippen molar-refractivity contribution >= 4 is 23.9 Å². The second kappa shape index (κ2) is 12.9. The predicted octanol–water partition coefficient (Wildman–Crippen LogP) is 1.40. The third-order valence-corrected chi connectivity index (χ3v) is 7.18. The van der Waals surface area contributed by atoms with Crippen molar-refractivity contribution in [1.29, 1.82) is 0 Å². The summed E-state index contributed by atoms with van der Waals surface area (Å²) in [5, 5.41) is 0. The Hall–Kier alpha value is -2.20. The van der Waals surface area contributed by atoms with Crippen LogP contribution in [0.5, 0.6) is 0 Å². The zero-order valence-electron chi connectivity index (χ0n) is 21.4. The lowest BCUT2D eigenvalue weighted by Gasteiger charge is -2.28. The van der Waals surface area contributed by atoms with Crippen LogP contribution in [0.1, 0.15) is 51.9 Å². The number of rotatable bonds is 18. The molecule has 0 aromatic heterocycles. The Kier molecular flexibility index (Phi) is 9.59. The van der Waals surface area contributed by atoms with Gasteiger partial charge in [0, 0.05) is 38.8 Å². The van der Waals surface area contributed by atoms with Gasteiger partial charge in [-0.1, -0.05) is 0 Å². The number of esters is 4. The molecule has 0 bridgehead atoms. The van der Waals surface area contributed by atoms with Crippen molar-refractivity contribution in [1.82, 2.24) is 9.80 Å². The molecule has 0 heterocycles. The van der Waals surface area contributed by atoms with Crippen LogP contribution < -0.4 is 0 Å². The third-order valence-electron chi connectivity index (χ3n) is 7.18. The number of hydrogen-bond acceptors (Lipinski definition) is 10. The Labute approximate surface area is 212 Å². The first-order valence-electron chi connectivity index (χ1n) is 13.6. The lowest BCUT2D eigenvalue weighted by Crippen LogP contribution is -2.41. The van der Waals surface area contributed by atoms with Gasteiger partial charge in [-0.25, -0.2) is 0 Å². The fourth-order valence-corrected chi connectivity index (χ4v) is 4.26. The second-order valence-corrected chi connectivity index (χ2v) is 10.4. The van der Waals surface area contributed by atoms with E-state index in [4.69, 9.17) is 18.9 Å². The first kappa shape index (κ1) is 26.9. The van der Waals surface area contributed by atoms with Crippen LogP contribution in [0.4, 0.5) is 0 Å². The van der Waals surface area contributed by atoms with Crippen LogP contribution >= 0.6 is 0 Å². The van der Waals surface area contributed by atoms with Gasteiger partial charge in [0.25, 0.3) is 0 Å².